The number of aryl methyl sites for hydroxylation is 1. The van der Waals surface area contributed by atoms with E-state index in [1.165, 1.54) is 36.0 Å². The first-order valence-corrected chi connectivity index (χ1v) is 11.9. The van der Waals surface area contributed by atoms with Crippen molar-refractivity contribution in [2.24, 2.45) is 0 Å². The van der Waals surface area contributed by atoms with Gasteiger partial charge >= 0.3 is 0 Å². The van der Waals surface area contributed by atoms with Crippen LogP contribution in [0.1, 0.15) is 34.2 Å². The van der Waals surface area contributed by atoms with Gasteiger partial charge in [0.2, 0.25) is 0 Å². The predicted molar refractivity (Wildman–Crippen MR) is 131 cm³/mol. The number of non-ortho nitro benzene ring substituents is 1. The zero-order valence-electron chi connectivity index (χ0n) is 18.8. The Morgan fingerprint density at radius 1 is 1.00 bits per heavy atom. The van der Waals surface area contributed by atoms with Crippen molar-refractivity contribution in [3.05, 3.63) is 111 Å². The lowest BCUT2D eigenvalue weighted by molar-refractivity contribution is -0.384. The zero-order chi connectivity index (χ0) is 24.8. The van der Waals surface area contributed by atoms with Crippen LogP contribution >= 0.6 is 11.8 Å². The van der Waals surface area contributed by atoms with Crippen LogP contribution in [0.5, 0.6) is 0 Å². The number of aromatic nitrogens is 3. The molecule has 0 spiro atoms. The summed E-state index contributed by atoms with van der Waals surface area (Å²) in [5, 5.41) is 23.0. The first-order valence-electron chi connectivity index (χ1n) is 10.9. The highest BCUT2D eigenvalue weighted by Gasteiger charge is 2.17. The molecule has 178 valence electrons. The van der Waals surface area contributed by atoms with Gasteiger partial charge in [0.25, 0.3) is 11.6 Å². The maximum atomic E-state index is 13.2. The van der Waals surface area contributed by atoms with Gasteiger partial charge in [0.05, 0.1) is 11.5 Å². The van der Waals surface area contributed by atoms with Gasteiger partial charge in [-0.05, 0) is 53.9 Å². The van der Waals surface area contributed by atoms with Gasteiger partial charge in [-0.2, -0.15) is 0 Å². The third-order valence-electron chi connectivity index (χ3n) is 5.33. The third kappa shape index (κ3) is 5.90. The van der Waals surface area contributed by atoms with E-state index in [9.17, 15) is 19.3 Å². The van der Waals surface area contributed by atoms with E-state index in [1.807, 2.05) is 19.1 Å². The molecule has 0 radical (unpaired) electrons. The van der Waals surface area contributed by atoms with Crippen molar-refractivity contribution in [2.45, 2.75) is 30.8 Å². The number of hydrogen-bond donors (Lipinski definition) is 1. The summed E-state index contributed by atoms with van der Waals surface area (Å²) in [7, 11) is 0. The van der Waals surface area contributed by atoms with Crippen LogP contribution in [0.2, 0.25) is 0 Å². The van der Waals surface area contributed by atoms with Gasteiger partial charge in [0, 0.05) is 29.1 Å². The van der Waals surface area contributed by atoms with Gasteiger partial charge in [-0.3, -0.25) is 19.5 Å². The van der Waals surface area contributed by atoms with Crippen molar-refractivity contribution in [1.82, 2.24) is 20.1 Å². The van der Waals surface area contributed by atoms with Crippen LogP contribution < -0.4 is 5.32 Å². The number of halogens is 1. The highest BCUT2D eigenvalue weighted by Crippen LogP contribution is 2.26. The zero-order valence-corrected chi connectivity index (χ0v) is 19.7. The van der Waals surface area contributed by atoms with Gasteiger partial charge in [-0.1, -0.05) is 43.0 Å². The van der Waals surface area contributed by atoms with Crippen molar-refractivity contribution in [1.29, 1.82) is 0 Å². The van der Waals surface area contributed by atoms with Crippen LogP contribution in [0.3, 0.4) is 0 Å². The number of carbonyl (C=O) groups is 1. The Bertz CT molecular complexity index is 1320. The van der Waals surface area contributed by atoms with Gasteiger partial charge in [0.1, 0.15) is 5.82 Å². The normalized spacial score (nSPS) is 10.8. The molecule has 0 unspecified atom stereocenters. The smallest absolute Gasteiger partial charge is 0.269 e. The minimum Gasteiger partial charge on any atom is -0.345 e. The van der Waals surface area contributed by atoms with E-state index in [1.54, 1.807) is 41.0 Å². The summed E-state index contributed by atoms with van der Waals surface area (Å²) >= 11 is 1.39. The minimum absolute atomic E-state index is 0.0345. The van der Waals surface area contributed by atoms with Crippen molar-refractivity contribution in [2.75, 3.05) is 0 Å². The lowest BCUT2D eigenvalue weighted by Crippen LogP contribution is -2.24. The van der Waals surface area contributed by atoms with E-state index >= 15 is 0 Å². The first-order chi connectivity index (χ1) is 16.9. The summed E-state index contributed by atoms with van der Waals surface area (Å²) in [6.07, 6.45) is 0.888. The molecule has 0 aliphatic heterocycles. The van der Waals surface area contributed by atoms with Gasteiger partial charge in [-0.25, -0.2) is 4.39 Å². The molecule has 1 N–H and O–H groups in total. The number of hydrogen-bond acceptors (Lipinski definition) is 6. The summed E-state index contributed by atoms with van der Waals surface area (Å²) in [5.74, 6) is 0.433. The molecular formula is C25H22FN5O3S. The Morgan fingerprint density at radius 3 is 2.29 bits per heavy atom. The summed E-state index contributed by atoms with van der Waals surface area (Å²) in [6, 6.07) is 19.6. The molecule has 0 saturated heterocycles. The number of carbonyl (C=O) groups excluding carboxylic acids is 1. The summed E-state index contributed by atoms with van der Waals surface area (Å²) in [5.41, 5.74) is 3.17. The monoisotopic (exact) mass is 491 g/mol. The Kier molecular flexibility index (Phi) is 7.51. The molecule has 0 bridgehead atoms. The number of benzene rings is 3. The molecule has 0 aliphatic carbocycles. The summed E-state index contributed by atoms with van der Waals surface area (Å²) in [6.45, 7) is 2.15. The average Bonchev–Trinajstić information content (AvgIpc) is 3.29. The number of nitro groups is 1. The fraction of sp³-hybridized carbons (Fsp3) is 0.160. The fourth-order valence-electron chi connectivity index (χ4n) is 3.37. The van der Waals surface area contributed by atoms with Crippen LogP contribution in [-0.2, 0) is 18.7 Å². The maximum absolute atomic E-state index is 13.2. The molecule has 1 aromatic heterocycles. The van der Waals surface area contributed by atoms with Gasteiger partial charge in [-0.15, -0.1) is 10.2 Å². The Balaban J connectivity index is 1.57. The summed E-state index contributed by atoms with van der Waals surface area (Å²) < 4.78 is 15.0. The lowest BCUT2D eigenvalue weighted by atomic mass is 10.1. The van der Waals surface area contributed by atoms with Gasteiger partial charge < -0.3 is 5.32 Å². The average molecular weight is 492 g/mol. The quantitative estimate of drug-likeness (QED) is 0.199. The molecule has 3 aromatic carbocycles. The fourth-order valence-corrected chi connectivity index (χ4v) is 4.30. The van der Waals surface area contributed by atoms with E-state index in [4.69, 9.17) is 0 Å². The van der Waals surface area contributed by atoms with Crippen molar-refractivity contribution in [3.8, 4) is 5.69 Å². The molecule has 0 aliphatic rings. The second-order valence-electron chi connectivity index (χ2n) is 7.66. The molecule has 35 heavy (non-hydrogen) atoms. The second kappa shape index (κ2) is 10.9. The van der Waals surface area contributed by atoms with Crippen molar-refractivity contribution >= 4 is 23.4 Å². The molecular weight excluding hydrogens is 469 g/mol. The number of nitrogens with zero attached hydrogens (tertiary/aromatic N) is 4. The second-order valence-corrected chi connectivity index (χ2v) is 8.60. The largest absolute Gasteiger partial charge is 0.345 e. The molecule has 0 atom stereocenters. The molecule has 0 saturated carbocycles. The Morgan fingerprint density at radius 2 is 1.66 bits per heavy atom. The number of thioether (sulfide) groups is 1. The maximum Gasteiger partial charge on any atom is 0.269 e. The molecule has 4 rings (SSSR count). The minimum atomic E-state index is -0.467. The third-order valence-corrected chi connectivity index (χ3v) is 6.33. The predicted octanol–water partition coefficient (Wildman–Crippen LogP) is 5.10. The molecule has 8 nitrogen and oxygen atoms in total. The lowest BCUT2D eigenvalue weighted by Gasteiger charge is -2.11. The van der Waals surface area contributed by atoms with Gasteiger partial charge in [0.15, 0.2) is 11.0 Å². The van der Waals surface area contributed by atoms with Crippen LogP contribution in [-0.4, -0.2) is 25.6 Å². The molecule has 4 aromatic rings. The Hall–Kier alpha value is -4.05. The van der Waals surface area contributed by atoms with Crippen LogP contribution in [0.15, 0.2) is 78.0 Å². The Labute approximate surface area is 205 Å². The van der Waals surface area contributed by atoms with Crippen molar-refractivity contribution < 1.29 is 14.1 Å². The summed E-state index contributed by atoms with van der Waals surface area (Å²) in [4.78, 5) is 23.2. The van der Waals surface area contributed by atoms with Crippen LogP contribution in [0.4, 0.5) is 10.1 Å². The van der Waals surface area contributed by atoms with Crippen molar-refractivity contribution in [3.63, 3.8) is 0 Å². The van der Waals surface area contributed by atoms with E-state index < -0.39 is 4.92 Å². The van der Waals surface area contributed by atoms with E-state index in [2.05, 4.69) is 15.5 Å². The van der Waals surface area contributed by atoms with Crippen LogP contribution in [0, 0.1) is 15.9 Å². The van der Waals surface area contributed by atoms with Crippen LogP contribution in [0.25, 0.3) is 5.69 Å². The number of nitro benzene ring substituents is 1. The highest BCUT2D eigenvalue weighted by atomic mass is 32.2. The number of amides is 1. The van der Waals surface area contributed by atoms with E-state index in [0.717, 1.165) is 17.5 Å². The van der Waals surface area contributed by atoms with E-state index in [-0.39, 0.29) is 24.0 Å². The molecule has 1 heterocycles. The topological polar surface area (TPSA) is 103 Å². The molecule has 10 heteroatoms. The number of nitrogens with one attached hydrogen (secondary N) is 1. The molecule has 0 fully saturated rings. The number of rotatable bonds is 9. The first kappa shape index (κ1) is 24.1. The molecule has 1 amide bonds. The van der Waals surface area contributed by atoms with E-state index in [0.29, 0.717) is 28.0 Å². The highest BCUT2D eigenvalue weighted by molar-refractivity contribution is 7.98. The standard InChI is InChI=1S/C25H22FN5O3S/c1-2-17-3-7-19(8-4-17)24(32)27-15-23-28-29-25(35-16-18-5-9-20(26)10-6-18)30(23)21-11-13-22(14-12-21)31(33)34/h3-14H,2,15-16H2,1H3,(H,27,32). The SMILES string of the molecule is CCc1ccc(C(=O)NCc2nnc(SCc3ccc(F)cc3)n2-c2ccc([N+](=O)[O-])cc2)cc1.